The molecule has 0 aromatic heterocycles. The molecular weight excluding hydrogens is 391 g/mol. The Labute approximate surface area is 156 Å². The second-order valence-corrected chi connectivity index (χ2v) is 7.19. The summed E-state index contributed by atoms with van der Waals surface area (Å²) in [5, 5.41) is 0.504. The van der Waals surface area contributed by atoms with E-state index in [-0.39, 0.29) is 14.8 Å². The fourth-order valence-corrected chi connectivity index (χ4v) is 3.72. The van der Waals surface area contributed by atoms with E-state index < -0.39 is 17.6 Å². The highest BCUT2D eigenvalue weighted by Gasteiger charge is 2.36. The van der Waals surface area contributed by atoms with Crippen molar-refractivity contribution in [3.8, 4) is 0 Å². The first-order valence-electron chi connectivity index (χ1n) is 6.97. The summed E-state index contributed by atoms with van der Waals surface area (Å²) in [6.45, 7) is 0. The molecule has 8 heteroatoms. The number of hydrogen-bond donors (Lipinski definition) is 0. The van der Waals surface area contributed by atoms with Crippen molar-refractivity contribution in [2.45, 2.75) is 6.18 Å². The Bertz CT molecular complexity index is 878. The van der Waals surface area contributed by atoms with E-state index in [1.54, 1.807) is 24.3 Å². The quantitative estimate of drug-likeness (QED) is 0.472. The smallest absolute Gasteiger partial charge is 0.268 e. The fourth-order valence-electron chi connectivity index (χ4n) is 2.30. The average Bonchev–Trinajstić information content (AvgIpc) is 2.82. The second kappa shape index (κ2) is 6.82. The first kappa shape index (κ1) is 18.0. The number of hydrogen-bond acceptors (Lipinski definition) is 3. The lowest BCUT2D eigenvalue weighted by Crippen LogP contribution is -2.27. The minimum Gasteiger partial charge on any atom is -0.268 e. The van der Waals surface area contributed by atoms with E-state index in [4.69, 9.17) is 23.8 Å². The number of anilines is 1. The van der Waals surface area contributed by atoms with Gasteiger partial charge in [0.25, 0.3) is 5.91 Å². The number of halogens is 4. The van der Waals surface area contributed by atoms with Crippen LogP contribution in [0.2, 0.25) is 5.02 Å². The number of thioether (sulfide) groups is 1. The van der Waals surface area contributed by atoms with Crippen molar-refractivity contribution in [3.63, 3.8) is 0 Å². The van der Waals surface area contributed by atoms with Gasteiger partial charge in [0.2, 0.25) is 0 Å². The van der Waals surface area contributed by atoms with Crippen molar-refractivity contribution in [1.82, 2.24) is 0 Å². The molecule has 1 saturated heterocycles. The molecule has 2 aromatic rings. The molecule has 0 unspecified atom stereocenters. The summed E-state index contributed by atoms with van der Waals surface area (Å²) in [5.41, 5.74) is -0.363. The summed E-state index contributed by atoms with van der Waals surface area (Å²) in [6.07, 6.45) is -3.28. The van der Waals surface area contributed by atoms with Gasteiger partial charge in [-0.15, -0.1) is 0 Å². The SMILES string of the molecule is O=C1/C(=C\c2ccccc2C(F)(F)F)SC(=S)N1c1ccc(Cl)cc1. The van der Waals surface area contributed by atoms with Gasteiger partial charge in [-0.1, -0.05) is 53.8 Å². The van der Waals surface area contributed by atoms with Gasteiger partial charge in [-0.3, -0.25) is 9.69 Å². The molecule has 1 amide bonds. The Kier molecular flexibility index (Phi) is 4.90. The van der Waals surface area contributed by atoms with E-state index >= 15 is 0 Å². The summed E-state index contributed by atoms with van der Waals surface area (Å²) in [7, 11) is 0. The zero-order valence-electron chi connectivity index (χ0n) is 12.4. The molecule has 3 rings (SSSR count). The van der Waals surface area contributed by atoms with Crippen molar-refractivity contribution in [2.24, 2.45) is 0 Å². The second-order valence-electron chi connectivity index (χ2n) is 5.08. The lowest BCUT2D eigenvalue weighted by molar-refractivity contribution is -0.137. The summed E-state index contributed by atoms with van der Waals surface area (Å²) in [4.78, 5) is 14.0. The molecule has 2 nitrogen and oxygen atoms in total. The maximum absolute atomic E-state index is 13.1. The van der Waals surface area contributed by atoms with Crippen LogP contribution in [0, 0.1) is 0 Å². The summed E-state index contributed by atoms with van der Waals surface area (Å²) in [6, 6.07) is 11.6. The van der Waals surface area contributed by atoms with Crippen LogP contribution in [0.1, 0.15) is 11.1 Å². The first-order valence-corrected chi connectivity index (χ1v) is 8.57. The van der Waals surface area contributed by atoms with E-state index in [1.807, 2.05) is 0 Å². The predicted molar refractivity (Wildman–Crippen MR) is 98.5 cm³/mol. The van der Waals surface area contributed by atoms with E-state index in [2.05, 4.69) is 0 Å². The molecule has 1 heterocycles. The molecule has 0 bridgehead atoms. The highest BCUT2D eigenvalue weighted by atomic mass is 35.5. The average molecular weight is 400 g/mol. The molecule has 0 spiro atoms. The molecule has 0 saturated carbocycles. The van der Waals surface area contributed by atoms with Crippen LogP contribution >= 0.6 is 35.6 Å². The van der Waals surface area contributed by atoms with Crippen LogP contribution in [0.25, 0.3) is 6.08 Å². The fraction of sp³-hybridized carbons (Fsp3) is 0.0588. The van der Waals surface area contributed by atoms with Crippen LogP contribution in [-0.4, -0.2) is 10.2 Å². The monoisotopic (exact) mass is 399 g/mol. The van der Waals surface area contributed by atoms with Gasteiger partial charge in [0, 0.05) is 5.02 Å². The van der Waals surface area contributed by atoms with Gasteiger partial charge in [0.05, 0.1) is 16.2 Å². The first-order chi connectivity index (χ1) is 11.8. The molecule has 128 valence electrons. The Morgan fingerprint density at radius 2 is 1.72 bits per heavy atom. The van der Waals surface area contributed by atoms with Crippen molar-refractivity contribution in [2.75, 3.05) is 4.90 Å². The zero-order chi connectivity index (χ0) is 18.2. The maximum atomic E-state index is 13.1. The number of alkyl halides is 3. The van der Waals surface area contributed by atoms with Gasteiger partial charge in [0.1, 0.15) is 0 Å². The van der Waals surface area contributed by atoms with Crippen molar-refractivity contribution >= 4 is 57.6 Å². The molecule has 25 heavy (non-hydrogen) atoms. The summed E-state index contributed by atoms with van der Waals surface area (Å²) < 4.78 is 39.6. The molecule has 0 N–H and O–H groups in total. The minimum absolute atomic E-state index is 0.0772. The number of nitrogens with zero attached hydrogens (tertiary/aromatic N) is 1. The van der Waals surface area contributed by atoms with Crippen LogP contribution < -0.4 is 4.90 Å². The van der Waals surface area contributed by atoms with Crippen LogP contribution in [-0.2, 0) is 11.0 Å². The summed E-state index contributed by atoms with van der Waals surface area (Å²) >= 11 is 12.0. The predicted octanol–water partition coefficient (Wildman–Crippen LogP) is 5.76. The van der Waals surface area contributed by atoms with Gasteiger partial charge >= 0.3 is 6.18 Å². The Hall–Kier alpha value is -1.83. The van der Waals surface area contributed by atoms with Crippen molar-refractivity contribution in [3.05, 3.63) is 69.6 Å². The molecule has 2 aromatic carbocycles. The highest BCUT2D eigenvalue weighted by molar-refractivity contribution is 8.27. The topological polar surface area (TPSA) is 20.3 Å². The van der Waals surface area contributed by atoms with Gasteiger partial charge in [-0.05, 0) is 42.0 Å². The Morgan fingerprint density at radius 1 is 1.08 bits per heavy atom. The van der Waals surface area contributed by atoms with Crippen LogP contribution in [0.4, 0.5) is 18.9 Å². The van der Waals surface area contributed by atoms with E-state index in [9.17, 15) is 18.0 Å². The van der Waals surface area contributed by atoms with E-state index in [0.717, 1.165) is 17.8 Å². The van der Waals surface area contributed by atoms with E-state index in [1.165, 1.54) is 29.2 Å². The molecule has 1 aliphatic rings. The third-order valence-electron chi connectivity index (χ3n) is 3.43. The normalized spacial score (nSPS) is 16.8. The third kappa shape index (κ3) is 3.73. The largest absolute Gasteiger partial charge is 0.416 e. The van der Waals surface area contributed by atoms with Gasteiger partial charge < -0.3 is 0 Å². The van der Waals surface area contributed by atoms with E-state index in [0.29, 0.717) is 10.7 Å². The van der Waals surface area contributed by atoms with Crippen LogP contribution in [0.3, 0.4) is 0 Å². The number of carbonyl (C=O) groups is 1. The van der Waals surface area contributed by atoms with Crippen LogP contribution in [0.15, 0.2) is 53.4 Å². The third-order valence-corrected chi connectivity index (χ3v) is 4.99. The van der Waals surface area contributed by atoms with Gasteiger partial charge in [-0.25, -0.2) is 0 Å². The van der Waals surface area contributed by atoms with Crippen molar-refractivity contribution in [1.29, 1.82) is 0 Å². The van der Waals surface area contributed by atoms with Crippen LogP contribution in [0.5, 0.6) is 0 Å². The molecular formula is C17H9ClF3NOS2. The Morgan fingerprint density at radius 3 is 2.36 bits per heavy atom. The van der Waals surface area contributed by atoms with Gasteiger partial charge in [0.15, 0.2) is 4.32 Å². The number of benzene rings is 2. The van der Waals surface area contributed by atoms with Gasteiger partial charge in [-0.2, -0.15) is 13.2 Å². The Balaban J connectivity index is 1.98. The van der Waals surface area contributed by atoms with Crippen molar-refractivity contribution < 1.29 is 18.0 Å². The molecule has 0 atom stereocenters. The highest BCUT2D eigenvalue weighted by Crippen LogP contribution is 2.38. The number of carbonyl (C=O) groups excluding carboxylic acids is 1. The summed E-state index contributed by atoms with van der Waals surface area (Å²) in [5.74, 6) is -0.464. The molecule has 1 aliphatic heterocycles. The number of rotatable bonds is 2. The molecule has 1 fully saturated rings. The zero-order valence-corrected chi connectivity index (χ0v) is 14.8. The number of amides is 1. The number of thiocarbonyl (C=S) groups is 1. The minimum atomic E-state index is -4.50. The molecule has 0 radical (unpaired) electrons. The molecule has 0 aliphatic carbocycles. The lowest BCUT2D eigenvalue weighted by Gasteiger charge is -2.14. The standard InChI is InChI=1S/C17H9ClF3NOS2/c18-11-5-7-12(8-6-11)22-15(23)14(25-16(22)24)9-10-3-1-2-4-13(10)17(19,20)21/h1-9H/b14-9+. The maximum Gasteiger partial charge on any atom is 0.416 e. The lowest BCUT2D eigenvalue weighted by atomic mass is 10.1.